The number of ether oxygens (including phenoxy) is 1. The Hall–Kier alpha value is -0.430. The van der Waals surface area contributed by atoms with Gasteiger partial charge in [-0.3, -0.25) is 0 Å². The summed E-state index contributed by atoms with van der Waals surface area (Å²) >= 11 is 2.28. The van der Waals surface area contributed by atoms with Crippen molar-refractivity contribution in [1.29, 1.82) is 0 Å². The van der Waals surface area contributed by atoms with Gasteiger partial charge in [-0.1, -0.05) is 19.8 Å². The fraction of sp³-hybridized carbons (Fsp3) is 0.714. The van der Waals surface area contributed by atoms with E-state index in [4.69, 9.17) is 15.5 Å². The van der Waals surface area contributed by atoms with Crippen molar-refractivity contribution >= 4 is 28.4 Å². The van der Waals surface area contributed by atoms with E-state index in [1.165, 1.54) is 25.7 Å². The molecule has 1 aromatic rings. The fourth-order valence-corrected chi connectivity index (χ4v) is 3.37. The van der Waals surface area contributed by atoms with Gasteiger partial charge in [0, 0.05) is 12.5 Å². The maximum Gasteiger partial charge on any atom is 0.159 e. The predicted octanol–water partition coefficient (Wildman–Crippen LogP) is 3.81. The SMILES string of the molecule is CCOC(CC)c1nc(N)c(I)c(C2CCCC2)n1. The molecule has 1 atom stereocenters. The summed E-state index contributed by atoms with van der Waals surface area (Å²) in [5.74, 6) is 1.91. The third-order valence-electron chi connectivity index (χ3n) is 3.69. The van der Waals surface area contributed by atoms with Crippen molar-refractivity contribution in [3.05, 3.63) is 15.1 Å². The zero-order valence-electron chi connectivity index (χ0n) is 11.7. The quantitative estimate of drug-likeness (QED) is 0.796. The molecule has 106 valence electrons. The number of nitrogens with zero attached hydrogens (tertiary/aromatic N) is 2. The van der Waals surface area contributed by atoms with Gasteiger partial charge in [-0.2, -0.15) is 0 Å². The number of aromatic nitrogens is 2. The second kappa shape index (κ2) is 6.83. The molecule has 2 rings (SSSR count). The number of rotatable bonds is 5. The molecule has 1 saturated carbocycles. The van der Waals surface area contributed by atoms with Crippen LogP contribution in [-0.4, -0.2) is 16.6 Å². The van der Waals surface area contributed by atoms with E-state index in [9.17, 15) is 0 Å². The van der Waals surface area contributed by atoms with Crippen LogP contribution in [0.15, 0.2) is 0 Å². The molecule has 0 aromatic carbocycles. The number of anilines is 1. The lowest BCUT2D eigenvalue weighted by Crippen LogP contribution is -2.14. The largest absolute Gasteiger partial charge is 0.383 e. The van der Waals surface area contributed by atoms with Gasteiger partial charge >= 0.3 is 0 Å². The highest BCUT2D eigenvalue weighted by atomic mass is 127. The Bertz CT molecular complexity index is 433. The van der Waals surface area contributed by atoms with E-state index in [0.29, 0.717) is 18.3 Å². The van der Waals surface area contributed by atoms with Crippen LogP contribution in [0.3, 0.4) is 0 Å². The van der Waals surface area contributed by atoms with Gasteiger partial charge in [0.15, 0.2) is 5.82 Å². The van der Waals surface area contributed by atoms with Gasteiger partial charge < -0.3 is 10.5 Å². The number of hydrogen-bond acceptors (Lipinski definition) is 4. The summed E-state index contributed by atoms with van der Waals surface area (Å²) < 4.78 is 6.73. The average molecular weight is 375 g/mol. The van der Waals surface area contributed by atoms with Crippen LogP contribution < -0.4 is 5.73 Å². The zero-order valence-corrected chi connectivity index (χ0v) is 13.8. The summed E-state index contributed by atoms with van der Waals surface area (Å²) in [4.78, 5) is 9.21. The molecule has 0 bridgehead atoms. The monoisotopic (exact) mass is 375 g/mol. The molecule has 0 spiro atoms. The number of nitrogens with two attached hydrogens (primary N) is 1. The Morgan fingerprint density at radius 3 is 2.58 bits per heavy atom. The molecule has 0 aliphatic heterocycles. The molecule has 0 saturated heterocycles. The Morgan fingerprint density at radius 1 is 1.32 bits per heavy atom. The fourth-order valence-electron chi connectivity index (χ4n) is 2.69. The van der Waals surface area contributed by atoms with Crippen LogP contribution in [0.4, 0.5) is 5.82 Å². The molecule has 0 radical (unpaired) electrons. The molecule has 0 amide bonds. The molecular weight excluding hydrogens is 353 g/mol. The van der Waals surface area contributed by atoms with Crippen molar-refractivity contribution in [1.82, 2.24) is 9.97 Å². The van der Waals surface area contributed by atoms with Crippen LogP contribution in [0, 0.1) is 3.57 Å². The molecule has 1 aliphatic rings. The first-order valence-corrected chi connectivity index (χ1v) is 8.19. The third-order valence-corrected chi connectivity index (χ3v) is 4.79. The van der Waals surface area contributed by atoms with Crippen molar-refractivity contribution in [2.45, 2.75) is 58.0 Å². The molecule has 1 fully saturated rings. The lowest BCUT2D eigenvalue weighted by atomic mass is 10.0. The van der Waals surface area contributed by atoms with Crippen molar-refractivity contribution in [3.63, 3.8) is 0 Å². The average Bonchev–Trinajstić information content (AvgIpc) is 2.93. The van der Waals surface area contributed by atoms with Gasteiger partial charge in [0.2, 0.25) is 0 Å². The van der Waals surface area contributed by atoms with E-state index in [0.717, 1.165) is 21.5 Å². The lowest BCUT2D eigenvalue weighted by Gasteiger charge is -2.18. The highest BCUT2D eigenvalue weighted by Crippen LogP contribution is 2.37. The third kappa shape index (κ3) is 3.37. The molecule has 1 aromatic heterocycles. The zero-order chi connectivity index (χ0) is 13.8. The molecule has 2 N–H and O–H groups in total. The van der Waals surface area contributed by atoms with Crippen LogP contribution in [0.1, 0.15) is 69.5 Å². The maximum atomic E-state index is 6.06. The first-order chi connectivity index (χ1) is 9.17. The molecule has 19 heavy (non-hydrogen) atoms. The Balaban J connectivity index is 2.34. The normalized spacial score (nSPS) is 17.8. The van der Waals surface area contributed by atoms with E-state index in [-0.39, 0.29) is 6.10 Å². The highest BCUT2D eigenvalue weighted by Gasteiger charge is 2.25. The first-order valence-electron chi connectivity index (χ1n) is 7.11. The minimum atomic E-state index is -0.0375. The van der Waals surface area contributed by atoms with E-state index in [2.05, 4.69) is 34.5 Å². The highest BCUT2D eigenvalue weighted by molar-refractivity contribution is 14.1. The van der Waals surface area contributed by atoms with Crippen molar-refractivity contribution < 1.29 is 4.74 Å². The van der Waals surface area contributed by atoms with Crippen molar-refractivity contribution in [3.8, 4) is 0 Å². The Morgan fingerprint density at radius 2 is 2.00 bits per heavy atom. The van der Waals surface area contributed by atoms with Crippen LogP contribution in [-0.2, 0) is 4.74 Å². The second-order valence-corrected chi connectivity index (χ2v) is 6.08. The van der Waals surface area contributed by atoms with Gasteiger partial charge in [-0.25, -0.2) is 9.97 Å². The molecular formula is C14H22IN3O. The summed E-state index contributed by atoms with van der Waals surface area (Å²) in [6.07, 6.45) is 5.86. The van der Waals surface area contributed by atoms with Gasteiger partial charge in [-0.15, -0.1) is 0 Å². The van der Waals surface area contributed by atoms with Crippen LogP contribution >= 0.6 is 22.6 Å². The molecule has 4 nitrogen and oxygen atoms in total. The van der Waals surface area contributed by atoms with Gasteiger partial charge in [-0.05, 0) is 48.8 Å². The summed E-state index contributed by atoms with van der Waals surface area (Å²) in [6, 6.07) is 0. The van der Waals surface area contributed by atoms with Gasteiger partial charge in [0.05, 0.1) is 9.26 Å². The predicted molar refractivity (Wildman–Crippen MR) is 85.0 cm³/mol. The van der Waals surface area contributed by atoms with E-state index < -0.39 is 0 Å². The smallest absolute Gasteiger partial charge is 0.159 e. The summed E-state index contributed by atoms with van der Waals surface area (Å²) in [5, 5.41) is 0. The van der Waals surface area contributed by atoms with Gasteiger partial charge in [0.1, 0.15) is 11.9 Å². The maximum absolute atomic E-state index is 6.06. The Labute approximate surface area is 128 Å². The number of nitrogen functional groups attached to an aromatic ring is 1. The summed E-state index contributed by atoms with van der Waals surface area (Å²) in [7, 11) is 0. The standard InChI is InChI=1S/C14H22IN3O/c1-3-10(19-4-2)14-17-12(9-7-5-6-8-9)11(15)13(16)18-14/h9-10H,3-8H2,1-2H3,(H2,16,17,18). The minimum Gasteiger partial charge on any atom is -0.383 e. The van der Waals surface area contributed by atoms with E-state index in [1.54, 1.807) is 0 Å². The lowest BCUT2D eigenvalue weighted by molar-refractivity contribution is 0.0533. The Kier molecular flexibility index (Phi) is 5.38. The van der Waals surface area contributed by atoms with Crippen LogP contribution in [0.2, 0.25) is 0 Å². The molecule has 1 aliphatic carbocycles. The van der Waals surface area contributed by atoms with E-state index >= 15 is 0 Å². The second-order valence-electron chi connectivity index (χ2n) is 5.00. The first kappa shape index (κ1) is 15.0. The summed E-state index contributed by atoms with van der Waals surface area (Å²) in [6.45, 7) is 4.76. The molecule has 5 heteroatoms. The van der Waals surface area contributed by atoms with Crippen LogP contribution in [0.5, 0.6) is 0 Å². The molecule has 1 unspecified atom stereocenters. The minimum absolute atomic E-state index is 0.0375. The molecule has 1 heterocycles. The van der Waals surface area contributed by atoms with E-state index in [1.807, 2.05) is 6.92 Å². The van der Waals surface area contributed by atoms with Crippen molar-refractivity contribution in [2.24, 2.45) is 0 Å². The van der Waals surface area contributed by atoms with Crippen molar-refractivity contribution in [2.75, 3.05) is 12.3 Å². The van der Waals surface area contributed by atoms with Crippen LogP contribution in [0.25, 0.3) is 0 Å². The topological polar surface area (TPSA) is 61.0 Å². The van der Waals surface area contributed by atoms with Gasteiger partial charge in [0.25, 0.3) is 0 Å². The number of halogens is 1. The number of hydrogen-bond donors (Lipinski definition) is 1. The summed E-state index contributed by atoms with van der Waals surface area (Å²) in [5.41, 5.74) is 7.20.